The van der Waals surface area contributed by atoms with Crippen molar-refractivity contribution < 1.29 is 17.6 Å². The fourth-order valence-electron chi connectivity index (χ4n) is 4.73. The third-order valence-corrected chi connectivity index (χ3v) is 9.77. The van der Waals surface area contributed by atoms with E-state index in [1.807, 2.05) is 38.1 Å². The summed E-state index contributed by atoms with van der Waals surface area (Å²) < 4.78 is 42.5. The Bertz CT molecular complexity index is 1550. The van der Waals surface area contributed by atoms with E-state index in [1.54, 1.807) is 11.1 Å². The Kier molecular flexibility index (Phi) is 7.06. The number of hydrogen-bond donors (Lipinski definition) is 0. The van der Waals surface area contributed by atoms with Crippen LogP contribution in [0.15, 0.2) is 65.7 Å². The van der Waals surface area contributed by atoms with Crippen molar-refractivity contribution >= 4 is 42.6 Å². The number of piperidine rings is 1. The summed E-state index contributed by atoms with van der Waals surface area (Å²) in [5.41, 5.74) is 3.80. The summed E-state index contributed by atoms with van der Waals surface area (Å²) in [6.45, 7) is 4.61. The van der Waals surface area contributed by atoms with Gasteiger partial charge in [0.2, 0.25) is 15.9 Å². The molecule has 7 nitrogen and oxygen atoms in total. The molecule has 0 spiro atoms. The van der Waals surface area contributed by atoms with Crippen LogP contribution in [0, 0.1) is 25.6 Å². The highest BCUT2D eigenvalue weighted by Gasteiger charge is 2.36. The summed E-state index contributed by atoms with van der Waals surface area (Å²) in [5, 5.41) is 0.598. The van der Waals surface area contributed by atoms with Gasteiger partial charge in [-0.05, 0) is 68.1 Å². The van der Waals surface area contributed by atoms with Crippen molar-refractivity contribution in [1.29, 1.82) is 0 Å². The average molecular weight is 539 g/mol. The molecule has 192 valence electrons. The van der Waals surface area contributed by atoms with Crippen molar-refractivity contribution in [3.05, 3.63) is 83.4 Å². The predicted molar refractivity (Wildman–Crippen MR) is 142 cm³/mol. The highest BCUT2D eigenvalue weighted by Crippen LogP contribution is 2.35. The molecule has 0 aliphatic carbocycles. The molecule has 1 saturated heterocycles. The summed E-state index contributed by atoms with van der Waals surface area (Å²) >= 11 is 1.47. The molecule has 5 rings (SSSR count). The van der Waals surface area contributed by atoms with E-state index in [0.717, 1.165) is 33.1 Å². The van der Waals surface area contributed by atoms with Crippen LogP contribution >= 0.6 is 11.3 Å². The Morgan fingerprint density at radius 1 is 1.11 bits per heavy atom. The molecule has 0 atom stereocenters. The number of carbonyl (C=O) groups is 1. The summed E-state index contributed by atoms with van der Waals surface area (Å²) in [4.78, 5) is 24.4. The van der Waals surface area contributed by atoms with Crippen molar-refractivity contribution in [3.63, 3.8) is 0 Å². The average Bonchev–Trinajstić information content (AvgIpc) is 3.32. The molecule has 4 aromatic rings. The van der Waals surface area contributed by atoms with E-state index >= 15 is 0 Å². The molecular formula is C27H27FN4O3S2. The van der Waals surface area contributed by atoms with Crippen molar-refractivity contribution in [2.45, 2.75) is 38.1 Å². The van der Waals surface area contributed by atoms with Gasteiger partial charge in [-0.1, -0.05) is 35.6 Å². The number of fused-ring (bicyclic) bond motifs is 1. The van der Waals surface area contributed by atoms with Crippen molar-refractivity contribution in [1.82, 2.24) is 14.3 Å². The molecule has 1 aliphatic heterocycles. The minimum Gasteiger partial charge on any atom is -0.282 e. The van der Waals surface area contributed by atoms with Crippen LogP contribution in [0.1, 0.15) is 29.7 Å². The smallest absolute Gasteiger partial charge is 0.245 e. The maximum Gasteiger partial charge on any atom is 0.245 e. The first-order valence-electron chi connectivity index (χ1n) is 12.1. The maximum absolute atomic E-state index is 14.2. The first-order chi connectivity index (χ1) is 17.7. The Balaban J connectivity index is 1.40. The van der Waals surface area contributed by atoms with Gasteiger partial charge in [-0.25, -0.2) is 17.8 Å². The van der Waals surface area contributed by atoms with Gasteiger partial charge in [0, 0.05) is 25.2 Å². The number of sulfonamides is 1. The topological polar surface area (TPSA) is 83.5 Å². The molecule has 0 saturated carbocycles. The lowest BCUT2D eigenvalue weighted by Gasteiger charge is -2.33. The van der Waals surface area contributed by atoms with E-state index in [2.05, 4.69) is 11.1 Å². The molecule has 0 unspecified atom stereocenters. The fraction of sp³-hybridized carbons (Fsp3) is 0.296. The highest BCUT2D eigenvalue weighted by atomic mass is 32.2. The number of aryl methyl sites for hydroxylation is 2. The van der Waals surface area contributed by atoms with E-state index in [4.69, 9.17) is 4.98 Å². The molecule has 0 radical (unpaired) electrons. The molecule has 2 aromatic carbocycles. The molecule has 1 amide bonds. The van der Waals surface area contributed by atoms with Crippen LogP contribution in [0.25, 0.3) is 10.2 Å². The number of carbonyl (C=O) groups excluding carboxylic acids is 1. The van der Waals surface area contributed by atoms with Crippen molar-refractivity contribution in [2.75, 3.05) is 18.0 Å². The van der Waals surface area contributed by atoms with Gasteiger partial charge in [0.05, 0.1) is 22.5 Å². The Hall–Kier alpha value is -3.21. The van der Waals surface area contributed by atoms with Gasteiger partial charge in [-0.3, -0.25) is 14.7 Å². The molecule has 2 aromatic heterocycles. The second-order valence-corrected chi connectivity index (χ2v) is 12.2. The first-order valence-corrected chi connectivity index (χ1v) is 14.3. The summed E-state index contributed by atoms with van der Waals surface area (Å²) in [7, 11) is -3.98. The molecule has 3 heterocycles. The number of benzene rings is 2. The third-order valence-electron chi connectivity index (χ3n) is 6.61. The van der Waals surface area contributed by atoms with E-state index in [1.165, 1.54) is 33.8 Å². The molecule has 37 heavy (non-hydrogen) atoms. The Labute approximate surface area is 219 Å². The van der Waals surface area contributed by atoms with Crippen molar-refractivity contribution in [3.8, 4) is 0 Å². The van der Waals surface area contributed by atoms with Gasteiger partial charge in [0.25, 0.3) is 0 Å². The number of anilines is 1. The number of pyridine rings is 1. The quantitative estimate of drug-likeness (QED) is 0.342. The van der Waals surface area contributed by atoms with E-state index < -0.39 is 15.8 Å². The van der Waals surface area contributed by atoms with Gasteiger partial charge in [-0.2, -0.15) is 4.31 Å². The number of rotatable bonds is 6. The van der Waals surface area contributed by atoms with E-state index in [0.29, 0.717) is 18.0 Å². The Morgan fingerprint density at radius 3 is 2.54 bits per heavy atom. The number of hydrogen-bond acceptors (Lipinski definition) is 6. The number of aromatic nitrogens is 2. The maximum atomic E-state index is 14.2. The zero-order valence-corrected chi connectivity index (χ0v) is 22.2. The normalized spacial score (nSPS) is 15.2. The standard InChI is InChI=1S/C27H27FN4O3S2/c1-18-15-19(2)25-23(16-18)30-27(36-25)32(17-21-7-5-6-12-29-21)26(33)20-10-13-31(14-11-20)37(34,35)24-9-4-3-8-22(24)28/h3-9,12,15-16,20H,10-11,13-14,17H2,1-2H3. The van der Waals surface area contributed by atoms with Crippen LogP contribution in [-0.4, -0.2) is 41.7 Å². The lowest BCUT2D eigenvalue weighted by molar-refractivity contribution is -0.123. The predicted octanol–water partition coefficient (Wildman–Crippen LogP) is 5.08. The molecule has 1 aliphatic rings. The number of amides is 1. The van der Waals surface area contributed by atoms with Crippen LogP contribution in [0.3, 0.4) is 0 Å². The highest BCUT2D eigenvalue weighted by molar-refractivity contribution is 7.89. The second kappa shape index (κ2) is 10.3. The van der Waals surface area contributed by atoms with Crippen LogP contribution in [0.4, 0.5) is 9.52 Å². The summed E-state index contributed by atoms with van der Waals surface area (Å²) in [5.74, 6) is -1.27. The molecule has 1 fully saturated rings. The lowest BCUT2D eigenvalue weighted by atomic mass is 9.96. The molecular weight excluding hydrogens is 511 g/mol. The van der Waals surface area contributed by atoms with Gasteiger partial charge >= 0.3 is 0 Å². The zero-order chi connectivity index (χ0) is 26.2. The fourth-order valence-corrected chi connectivity index (χ4v) is 7.29. The number of nitrogens with zero attached hydrogens (tertiary/aromatic N) is 4. The van der Waals surface area contributed by atoms with Crippen LogP contribution in [0.2, 0.25) is 0 Å². The SMILES string of the molecule is Cc1cc(C)c2sc(N(Cc3ccccn3)C(=O)C3CCN(S(=O)(=O)c4ccccc4F)CC3)nc2c1. The molecule has 10 heteroatoms. The van der Waals surface area contributed by atoms with E-state index in [-0.39, 0.29) is 36.4 Å². The van der Waals surface area contributed by atoms with Gasteiger partial charge in [-0.15, -0.1) is 0 Å². The largest absolute Gasteiger partial charge is 0.282 e. The van der Waals surface area contributed by atoms with Crippen LogP contribution in [-0.2, 0) is 21.4 Å². The monoisotopic (exact) mass is 538 g/mol. The lowest BCUT2D eigenvalue weighted by Crippen LogP contribution is -2.44. The minimum atomic E-state index is -3.98. The van der Waals surface area contributed by atoms with Gasteiger partial charge < -0.3 is 0 Å². The first kappa shape index (κ1) is 25.4. The van der Waals surface area contributed by atoms with Gasteiger partial charge in [0.15, 0.2) is 5.13 Å². The number of thiazole rings is 1. The minimum absolute atomic E-state index is 0.109. The van der Waals surface area contributed by atoms with Gasteiger partial charge in [0.1, 0.15) is 10.7 Å². The zero-order valence-electron chi connectivity index (χ0n) is 20.6. The van der Waals surface area contributed by atoms with Crippen LogP contribution in [0.5, 0.6) is 0 Å². The summed E-state index contributed by atoms with van der Waals surface area (Å²) in [6, 6.07) is 15.1. The number of halogens is 1. The second-order valence-electron chi connectivity index (χ2n) is 9.28. The Morgan fingerprint density at radius 2 is 1.84 bits per heavy atom. The molecule has 0 N–H and O–H groups in total. The van der Waals surface area contributed by atoms with E-state index in [9.17, 15) is 17.6 Å². The van der Waals surface area contributed by atoms with Crippen LogP contribution < -0.4 is 4.90 Å². The third kappa shape index (κ3) is 5.14. The summed E-state index contributed by atoms with van der Waals surface area (Å²) in [6.07, 6.45) is 2.37. The molecule has 0 bridgehead atoms. The van der Waals surface area contributed by atoms with Crippen molar-refractivity contribution in [2.24, 2.45) is 5.92 Å².